The number of piperidine rings is 1. The minimum atomic E-state index is -3.21. The Labute approximate surface area is 143 Å². The van der Waals surface area contributed by atoms with Gasteiger partial charge < -0.3 is 15.0 Å². The van der Waals surface area contributed by atoms with Crippen LogP contribution in [0.25, 0.3) is 0 Å². The average Bonchev–Trinajstić information content (AvgIpc) is 2.55. The number of amides is 2. The second-order valence-corrected chi connectivity index (χ2v) is 7.73. The lowest BCUT2D eigenvalue weighted by Gasteiger charge is -2.32. The van der Waals surface area contributed by atoms with Crippen LogP contribution in [0, 0.1) is 0 Å². The number of anilines is 1. The van der Waals surface area contributed by atoms with E-state index >= 15 is 0 Å². The fourth-order valence-corrected chi connectivity index (χ4v) is 4.06. The first-order chi connectivity index (χ1) is 11.4. The predicted molar refractivity (Wildman–Crippen MR) is 93.8 cm³/mol. The Hall–Kier alpha value is -1.80. The number of nitrogens with zero attached hydrogens (tertiary/aromatic N) is 1. The largest absolute Gasteiger partial charge is 0.497 e. The number of likely N-dealkylation sites (tertiary alicyclic amines) is 1. The Morgan fingerprint density at radius 1 is 1.25 bits per heavy atom. The first-order valence-corrected chi connectivity index (χ1v) is 9.78. The summed E-state index contributed by atoms with van der Waals surface area (Å²) in [5.74, 6) is 0.874. The summed E-state index contributed by atoms with van der Waals surface area (Å²) in [6.45, 7) is 2.90. The smallest absolute Gasteiger partial charge is 0.321 e. The van der Waals surface area contributed by atoms with Gasteiger partial charge in [-0.05, 0) is 43.5 Å². The summed E-state index contributed by atoms with van der Waals surface area (Å²) < 4.78 is 31.4. The molecule has 0 radical (unpaired) electrons. The van der Waals surface area contributed by atoms with Gasteiger partial charge in [0.1, 0.15) is 5.75 Å². The number of rotatable bonds is 6. The molecule has 1 fully saturated rings. The summed E-state index contributed by atoms with van der Waals surface area (Å²) in [5, 5.41) is 2.84. The second kappa shape index (κ2) is 8.34. The summed E-state index contributed by atoms with van der Waals surface area (Å²) in [5.41, 5.74) is 0.701. The van der Waals surface area contributed by atoms with Crippen molar-refractivity contribution in [1.82, 2.24) is 9.62 Å². The molecule has 0 saturated carbocycles. The zero-order chi connectivity index (χ0) is 17.6. The van der Waals surface area contributed by atoms with Crippen molar-refractivity contribution in [1.29, 1.82) is 0 Å². The van der Waals surface area contributed by atoms with Crippen LogP contribution in [0.4, 0.5) is 10.5 Å². The average molecular weight is 355 g/mol. The number of urea groups is 1. The van der Waals surface area contributed by atoms with E-state index in [1.54, 1.807) is 36.3 Å². The van der Waals surface area contributed by atoms with Crippen LogP contribution in [0.3, 0.4) is 0 Å². The van der Waals surface area contributed by atoms with Crippen molar-refractivity contribution in [2.45, 2.75) is 32.2 Å². The minimum Gasteiger partial charge on any atom is -0.497 e. The standard InChI is InChI=1S/C16H25N3O4S/c1-3-12-24(21,22)18-14-8-10-19(11-9-14)16(20)17-13-4-6-15(23-2)7-5-13/h4-7,14,18H,3,8-12H2,1-2H3,(H,17,20). The summed E-state index contributed by atoms with van der Waals surface area (Å²) >= 11 is 0. The van der Waals surface area contributed by atoms with Gasteiger partial charge in [-0.25, -0.2) is 17.9 Å². The van der Waals surface area contributed by atoms with E-state index in [2.05, 4.69) is 10.0 Å². The molecular formula is C16H25N3O4S. The van der Waals surface area contributed by atoms with Crippen molar-refractivity contribution >= 4 is 21.7 Å². The zero-order valence-electron chi connectivity index (χ0n) is 14.1. The van der Waals surface area contributed by atoms with Gasteiger partial charge in [0.05, 0.1) is 12.9 Å². The SMILES string of the molecule is CCCS(=O)(=O)NC1CCN(C(=O)Nc2ccc(OC)cc2)CC1. The molecule has 7 nitrogen and oxygen atoms in total. The molecule has 2 amide bonds. The fourth-order valence-electron chi connectivity index (χ4n) is 2.66. The van der Waals surface area contributed by atoms with Crippen molar-refractivity contribution in [3.63, 3.8) is 0 Å². The van der Waals surface area contributed by atoms with Gasteiger partial charge in [-0.15, -0.1) is 0 Å². The number of methoxy groups -OCH3 is 1. The van der Waals surface area contributed by atoms with Gasteiger partial charge in [-0.2, -0.15) is 0 Å². The van der Waals surface area contributed by atoms with Crippen LogP contribution in [0.5, 0.6) is 5.75 Å². The maximum Gasteiger partial charge on any atom is 0.321 e. The van der Waals surface area contributed by atoms with Crippen molar-refractivity contribution in [2.24, 2.45) is 0 Å². The highest BCUT2D eigenvalue weighted by Gasteiger charge is 2.25. The molecule has 134 valence electrons. The number of nitrogens with one attached hydrogen (secondary N) is 2. The number of sulfonamides is 1. The van der Waals surface area contributed by atoms with Crippen LogP contribution >= 0.6 is 0 Å². The molecule has 1 saturated heterocycles. The second-order valence-electron chi connectivity index (χ2n) is 5.86. The highest BCUT2D eigenvalue weighted by atomic mass is 32.2. The van der Waals surface area contributed by atoms with Crippen LogP contribution in [-0.2, 0) is 10.0 Å². The maximum absolute atomic E-state index is 12.3. The Kier molecular flexibility index (Phi) is 6.44. The van der Waals surface area contributed by atoms with Gasteiger partial charge in [0.25, 0.3) is 0 Å². The number of ether oxygens (including phenoxy) is 1. The highest BCUT2D eigenvalue weighted by Crippen LogP contribution is 2.17. The highest BCUT2D eigenvalue weighted by molar-refractivity contribution is 7.89. The van der Waals surface area contributed by atoms with Crippen LogP contribution in [0.1, 0.15) is 26.2 Å². The van der Waals surface area contributed by atoms with Crippen molar-refractivity contribution < 1.29 is 17.9 Å². The minimum absolute atomic E-state index is 0.0911. The maximum atomic E-state index is 12.3. The molecule has 0 spiro atoms. The topological polar surface area (TPSA) is 87.7 Å². The van der Waals surface area contributed by atoms with Gasteiger partial charge >= 0.3 is 6.03 Å². The number of hydrogen-bond acceptors (Lipinski definition) is 4. The van der Waals surface area contributed by atoms with Gasteiger partial charge in [0.2, 0.25) is 10.0 Å². The van der Waals surface area contributed by atoms with E-state index in [1.165, 1.54) is 0 Å². The van der Waals surface area contributed by atoms with Gasteiger partial charge in [0.15, 0.2) is 0 Å². The predicted octanol–water partition coefficient (Wildman–Crippen LogP) is 2.02. The molecule has 24 heavy (non-hydrogen) atoms. The van der Waals surface area contributed by atoms with E-state index in [-0.39, 0.29) is 17.8 Å². The third kappa shape index (κ3) is 5.38. The zero-order valence-corrected chi connectivity index (χ0v) is 14.9. The van der Waals surface area contributed by atoms with E-state index < -0.39 is 10.0 Å². The summed E-state index contributed by atoms with van der Waals surface area (Å²) in [6.07, 6.45) is 1.84. The van der Waals surface area contributed by atoms with Gasteiger partial charge in [-0.3, -0.25) is 0 Å². The number of hydrogen-bond donors (Lipinski definition) is 2. The van der Waals surface area contributed by atoms with Crippen molar-refractivity contribution in [3.05, 3.63) is 24.3 Å². The lowest BCUT2D eigenvalue weighted by molar-refractivity contribution is 0.193. The Bertz CT molecular complexity index is 638. The van der Waals surface area contributed by atoms with Crippen LogP contribution in [-0.4, -0.2) is 51.3 Å². The summed E-state index contributed by atoms with van der Waals surface area (Å²) in [4.78, 5) is 14.0. The Morgan fingerprint density at radius 3 is 2.42 bits per heavy atom. The lowest BCUT2D eigenvalue weighted by atomic mass is 10.1. The van der Waals surface area contributed by atoms with E-state index in [1.807, 2.05) is 6.92 Å². The molecule has 1 aliphatic heterocycles. The molecule has 1 aliphatic rings. The summed E-state index contributed by atoms with van der Waals surface area (Å²) in [7, 11) is -1.62. The number of benzene rings is 1. The van der Waals surface area contributed by atoms with Crippen LogP contribution in [0.15, 0.2) is 24.3 Å². The van der Waals surface area contributed by atoms with Gasteiger partial charge in [0, 0.05) is 24.8 Å². The van der Waals surface area contributed by atoms with Crippen LogP contribution < -0.4 is 14.8 Å². The summed E-state index contributed by atoms with van der Waals surface area (Å²) in [6, 6.07) is 6.86. The lowest BCUT2D eigenvalue weighted by Crippen LogP contribution is -2.48. The molecule has 8 heteroatoms. The van der Waals surface area contributed by atoms with E-state index in [0.717, 1.165) is 5.75 Å². The first kappa shape index (κ1) is 18.5. The van der Waals surface area contributed by atoms with Crippen molar-refractivity contribution in [2.75, 3.05) is 31.3 Å². The molecular weight excluding hydrogens is 330 g/mol. The third-order valence-electron chi connectivity index (χ3n) is 3.94. The third-order valence-corrected chi connectivity index (χ3v) is 5.58. The Morgan fingerprint density at radius 2 is 1.88 bits per heavy atom. The van der Waals surface area contributed by atoms with Gasteiger partial charge in [-0.1, -0.05) is 6.92 Å². The van der Waals surface area contributed by atoms with E-state index in [4.69, 9.17) is 4.74 Å². The van der Waals surface area contributed by atoms with E-state index in [0.29, 0.717) is 38.0 Å². The molecule has 0 bridgehead atoms. The van der Waals surface area contributed by atoms with Crippen molar-refractivity contribution in [3.8, 4) is 5.75 Å². The monoisotopic (exact) mass is 355 g/mol. The molecule has 1 aromatic carbocycles. The number of carbonyl (C=O) groups is 1. The van der Waals surface area contributed by atoms with Crippen LogP contribution in [0.2, 0.25) is 0 Å². The molecule has 0 aromatic heterocycles. The molecule has 2 rings (SSSR count). The molecule has 0 unspecified atom stereocenters. The molecule has 0 aliphatic carbocycles. The fraction of sp³-hybridized carbons (Fsp3) is 0.562. The molecule has 1 heterocycles. The molecule has 0 atom stereocenters. The van der Waals surface area contributed by atoms with E-state index in [9.17, 15) is 13.2 Å². The normalized spacial score (nSPS) is 16.0. The first-order valence-electron chi connectivity index (χ1n) is 8.13. The quantitative estimate of drug-likeness (QED) is 0.817. The molecule has 2 N–H and O–H groups in total. The Balaban J connectivity index is 1.81. The molecule has 1 aromatic rings. The number of carbonyl (C=O) groups excluding carboxylic acids is 1.